The number of nitrogens with two attached hydrogens (primary N) is 1. The van der Waals surface area contributed by atoms with E-state index in [0.29, 0.717) is 11.3 Å². The molecule has 0 bridgehead atoms. The molecule has 2 aromatic rings. The van der Waals surface area contributed by atoms with E-state index in [9.17, 15) is 18.4 Å². The zero-order chi connectivity index (χ0) is 15.6. The van der Waals surface area contributed by atoms with Crippen LogP contribution in [-0.2, 0) is 0 Å². The molecule has 2 aromatic carbocycles. The number of carbonyl (C=O) groups excluding carboxylic acids is 2. The second kappa shape index (κ2) is 5.70. The maximum Gasteiger partial charge on any atom is 0.261 e. The van der Waals surface area contributed by atoms with Gasteiger partial charge in [0.15, 0.2) is 11.6 Å². The van der Waals surface area contributed by atoms with E-state index in [1.165, 1.54) is 31.2 Å². The van der Waals surface area contributed by atoms with Gasteiger partial charge in [0.05, 0.1) is 5.69 Å². The lowest BCUT2D eigenvalue weighted by Gasteiger charge is -2.08. The van der Waals surface area contributed by atoms with Crippen molar-refractivity contribution in [2.75, 3.05) is 11.1 Å². The molecule has 4 nitrogen and oxygen atoms in total. The van der Waals surface area contributed by atoms with Crippen molar-refractivity contribution in [1.29, 1.82) is 0 Å². The lowest BCUT2D eigenvalue weighted by Crippen LogP contribution is -2.17. The molecule has 108 valence electrons. The van der Waals surface area contributed by atoms with Crippen molar-refractivity contribution in [3.05, 3.63) is 59.2 Å². The lowest BCUT2D eigenvalue weighted by molar-refractivity contribution is 0.101. The smallest absolute Gasteiger partial charge is 0.261 e. The van der Waals surface area contributed by atoms with Gasteiger partial charge >= 0.3 is 0 Å². The molecule has 0 aromatic heterocycles. The Labute approximate surface area is 119 Å². The molecule has 0 aliphatic rings. The highest BCUT2D eigenvalue weighted by molar-refractivity contribution is 6.05. The molecule has 21 heavy (non-hydrogen) atoms. The molecular weight excluding hydrogens is 278 g/mol. The van der Waals surface area contributed by atoms with Gasteiger partial charge in [0, 0.05) is 11.3 Å². The third-order valence-corrected chi connectivity index (χ3v) is 2.90. The summed E-state index contributed by atoms with van der Waals surface area (Å²) < 4.78 is 27.3. The molecule has 1 amide bonds. The van der Waals surface area contributed by atoms with Crippen molar-refractivity contribution in [2.45, 2.75) is 6.92 Å². The van der Waals surface area contributed by atoms with Gasteiger partial charge in [-0.15, -0.1) is 0 Å². The van der Waals surface area contributed by atoms with Crippen molar-refractivity contribution >= 4 is 23.1 Å². The Balaban J connectivity index is 2.26. The molecule has 6 heteroatoms. The second-order valence-electron chi connectivity index (χ2n) is 4.41. The van der Waals surface area contributed by atoms with Crippen molar-refractivity contribution in [1.82, 2.24) is 0 Å². The summed E-state index contributed by atoms with van der Waals surface area (Å²) in [5, 5.41) is 2.35. The predicted octanol–water partition coefficient (Wildman–Crippen LogP) is 3.00. The SMILES string of the molecule is CC(=O)c1ccc(NC(=O)c2c(F)ccc(N)c2F)cc1. The van der Waals surface area contributed by atoms with Gasteiger partial charge in [-0.3, -0.25) is 9.59 Å². The number of nitrogens with one attached hydrogen (secondary N) is 1. The van der Waals surface area contributed by atoms with E-state index in [-0.39, 0.29) is 11.5 Å². The zero-order valence-corrected chi connectivity index (χ0v) is 11.1. The number of amides is 1. The minimum Gasteiger partial charge on any atom is -0.396 e. The Kier molecular flexibility index (Phi) is 3.98. The summed E-state index contributed by atoms with van der Waals surface area (Å²) in [5.74, 6) is -3.18. The molecule has 0 spiro atoms. The van der Waals surface area contributed by atoms with Crippen LogP contribution in [0.1, 0.15) is 27.6 Å². The standard InChI is InChI=1S/C15H12F2N2O2/c1-8(20)9-2-4-10(5-3-9)19-15(21)13-11(16)6-7-12(18)14(13)17/h2-7H,18H2,1H3,(H,19,21). The fourth-order valence-electron chi connectivity index (χ4n) is 1.76. The Bertz CT molecular complexity index is 712. The minimum absolute atomic E-state index is 0.124. The van der Waals surface area contributed by atoms with Crippen LogP contribution in [0.3, 0.4) is 0 Å². The maximum absolute atomic E-state index is 13.7. The zero-order valence-electron chi connectivity index (χ0n) is 11.1. The quantitative estimate of drug-likeness (QED) is 0.674. The molecule has 0 saturated heterocycles. The van der Waals surface area contributed by atoms with Gasteiger partial charge in [0.2, 0.25) is 0 Å². The number of nitrogen functional groups attached to an aromatic ring is 1. The molecule has 0 aliphatic carbocycles. The molecule has 0 fully saturated rings. The van der Waals surface area contributed by atoms with E-state index >= 15 is 0 Å². The van der Waals surface area contributed by atoms with Gasteiger partial charge in [-0.2, -0.15) is 0 Å². The fraction of sp³-hybridized carbons (Fsp3) is 0.0667. The Morgan fingerprint density at radius 1 is 1.05 bits per heavy atom. The molecule has 0 aliphatic heterocycles. The summed E-state index contributed by atoms with van der Waals surface area (Å²) in [4.78, 5) is 23.0. The monoisotopic (exact) mass is 290 g/mol. The number of ketones is 1. The Hall–Kier alpha value is -2.76. The van der Waals surface area contributed by atoms with Gasteiger partial charge in [0.25, 0.3) is 5.91 Å². The van der Waals surface area contributed by atoms with E-state index in [2.05, 4.69) is 5.32 Å². The average molecular weight is 290 g/mol. The maximum atomic E-state index is 13.7. The van der Waals surface area contributed by atoms with Crippen LogP contribution in [0.4, 0.5) is 20.2 Å². The molecule has 0 unspecified atom stereocenters. The number of hydrogen-bond acceptors (Lipinski definition) is 3. The van der Waals surface area contributed by atoms with Crippen LogP contribution < -0.4 is 11.1 Å². The highest BCUT2D eigenvalue weighted by Crippen LogP contribution is 2.20. The first-order chi connectivity index (χ1) is 9.90. The number of carbonyl (C=O) groups is 2. The Morgan fingerprint density at radius 2 is 1.67 bits per heavy atom. The number of halogens is 2. The fourth-order valence-corrected chi connectivity index (χ4v) is 1.76. The van der Waals surface area contributed by atoms with Crippen LogP contribution >= 0.6 is 0 Å². The van der Waals surface area contributed by atoms with Crippen molar-refractivity contribution < 1.29 is 18.4 Å². The third kappa shape index (κ3) is 3.05. The van der Waals surface area contributed by atoms with Crippen LogP contribution in [0.2, 0.25) is 0 Å². The van der Waals surface area contributed by atoms with E-state index < -0.39 is 23.1 Å². The molecule has 0 heterocycles. The number of anilines is 2. The van der Waals surface area contributed by atoms with Gasteiger partial charge in [0.1, 0.15) is 11.4 Å². The highest BCUT2D eigenvalue weighted by Gasteiger charge is 2.19. The second-order valence-corrected chi connectivity index (χ2v) is 4.41. The minimum atomic E-state index is -1.10. The number of rotatable bonds is 3. The summed E-state index contributed by atoms with van der Waals surface area (Å²) in [6, 6.07) is 7.91. The summed E-state index contributed by atoms with van der Waals surface area (Å²) in [7, 11) is 0. The van der Waals surface area contributed by atoms with Gasteiger partial charge in [-0.05, 0) is 43.3 Å². The predicted molar refractivity (Wildman–Crippen MR) is 75.2 cm³/mol. The Morgan fingerprint density at radius 3 is 2.24 bits per heavy atom. The summed E-state index contributed by atoms with van der Waals surface area (Å²) >= 11 is 0. The van der Waals surface area contributed by atoms with Crippen molar-refractivity contribution in [3.8, 4) is 0 Å². The van der Waals surface area contributed by atoms with Crippen LogP contribution in [0.15, 0.2) is 36.4 Å². The summed E-state index contributed by atoms with van der Waals surface area (Å²) in [6.45, 7) is 1.41. The molecule has 0 saturated carbocycles. The van der Waals surface area contributed by atoms with Gasteiger partial charge in [-0.25, -0.2) is 8.78 Å². The first-order valence-electron chi connectivity index (χ1n) is 6.06. The molecule has 0 radical (unpaired) electrons. The first kappa shape index (κ1) is 14.6. The largest absolute Gasteiger partial charge is 0.396 e. The van der Waals surface area contributed by atoms with E-state index in [1.54, 1.807) is 0 Å². The summed E-state index contributed by atoms with van der Waals surface area (Å²) in [6.07, 6.45) is 0. The van der Waals surface area contributed by atoms with Crippen LogP contribution in [0.25, 0.3) is 0 Å². The molecule has 3 N–H and O–H groups in total. The van der Waals surface area contributed by atoms with Crippen molar-refractivity contribution in [3.63, 3.8) is 0 Å². The average Bonchev–Trinajstić information content (AvgIpc) is 2.44. The van der Waals surface area contributed by atoms with Gasteiger partial charge in [-0.1, -0.05) is 0 Å². The first-order valence-corrected chi connectivity index (χ1v) is 6.06. The van der Waals surface area contributed by atoms with Crippen LogP contribution in [-0.4, -0.2) is 11.7 Å². The van der Waals surface area contributed by atoms with E-state index in [4.69, 9.17) is 5.73 Å². The normalized spacial score (nSPS) is 10.2. The number of benzene rings is 2. The summed E-state index contributed by atoms with van der Waals surface area (Å²) in [5.41, 5.74) is 5.04. The molecule has 2 rings (SSSR count). The topological polar surface area (TPSA) is 72.2 Å². The lowest BCUT2D eigenvalue weighted by atomic mass is 10.1. The highest BCUT2D eigenvalue weighted by atomic mass is 19.1. The van der Waals surface area contributed by atoms with E-state index in [0.717, 1.165) is 12.1 Å². The third-order valence-electron chi connectivity index (χ3n) is 2.90. The number of hydrogen-bond donors (Lipinski definition) is 2. The van der Waals surface area contributed by atoms with Crippen molar-refractivity contribution in [2.24, 2.45) is 0 Å². The van der Waals surface area contributed by atoms with Gasteiger partial charge < -0.3 is 11.1 Å². The van der Waals surface area contributed by atoms with E-state index in [1.807, 2.05) is 0 Å². The molecule has 0 atom stereocenters. The number of Topliss-reactive ketones (excluding diaryl/α,β-unsaturated/α-hetero) is 1. The van der Waals surface area contributed by atoms with Crippen LogP contribution in [0.5, 0.6) is 0 Å². The van der Waals surface area contributed by atoms with Crippen LogP contribution in [0, 0.1) is 11.6 Å². The molecular formula is C15H12F2N2O2.